The van der Waals surface area contributed by atoms with Gasteiger partial charge in [0.2, 0.25) is 0 Å². The van der Waals surface area contributed by atoms with Gasteiger partial charge in [0.1, 0.15) is 5.75 Å². The van der Waals surface area contributed by atoms with Crippen LogP contribution in [0.15, 0.2) is 35.7 Å². The Hall–Kier alpha value is -1.85. The van der Waals surface area contributed by atoms with Crippen LogP contribution in [-0.4, -0.2) is 23.8 Å². The van der Waals surface area contributed by atoms with Gasteiger partial charge in [-0.3, -0.25) is 14.5 Å². The van der Waals surface area contributed by atoms with Crippen LogP contribution in [0.1, 0.15) is 23.5 Å². The second-order valence-electron chi connectivity index (χ2n) is 5.52. The van der Waals surface area contributed by atoms with Crippen LogP contribution in [0.2, 0.25) is 5.02 Å². The first-order valence-electron chi connectivity index (χ1n) is 6.76. The van der Waals surface area contributed by atoms with Crippen LogP contribution in [0.4, 0.5) is 5.69 Å². The molecule has 0 unspecified atom stereocenters. The number of thiophene rings is 1. The van der Waals surface area contributed by atoms with E-state index in [1.807, 2.05) is 11.4 Å². The maximum Gasteiger partial charge on any atom is 0.271 e. The highest BCUT2D eigenvalue weighted by molar-refractivity contribution is 7.12. The zero-order valence-electron chi connectivity index (χ0n) is 12.1. The van der Waals surface area contributed by atoms with Crippen molar-refractivity contribution < 1.29 is 14.3 Å². The smallest absolute Gasteiger partial charge is 0.271 e. The minimum absolute atomic E-state index is 0.0283. The minimum Gasteiger partial charge on any atom is -0.476 e. The van der Waals surface area contributed by atoms with E-state index in [0.29, 0.717) is 21.3 Å². The molecule has 0 saturated heterocycles. The lowest BCUT2D eigenvalue weighted by Gasteiger charge is -2.38. The molecule has 0 saturated carbocycles. The van der Waals surface area contributed by atoms with Crippen molar-refractivity contribution >= 4 is 40.3 Å². The van der Waals surface area contributed by atoms with Gasteiger partial charge in [0.15, 0.2) is 11.4 Å². The fourth-order valence-electron chi connectivity index (χ4n) is 2.36. The number of benzene rings is 1. The van der Waals surface area contributed by atoms with Crippen LogP contribution >= 0.6 is 22.9 Å². The van der Waals surface area contributed by atoms with Crippen molar-refractivity contribution in [2.24, 2.45) is 0 Å². The summed E-state index contributed by atoms with van der Waals surface area (Å²) in [5.41, 5.74) is -0.488. The molecule has 6 heteroatoms. The molecule has 22 heavy (non-hydrogen) atoms. The predicted molar refractivity (Wildman–Crippen MR) is 87.2 cm³/mol. The fourth-order valence-corrected chi connectivity index (χ4v) is 3.18. The molecule has 1 amide bonds. The van der Waals surface area contributed by atoms with Crippen LogP contribution in [-0.2, 0) is 4.79 Å². The molecular weight excluding hydrogens is 322 g/mol. The lowest BCUT2D eigenvalue weighted by molar-refractivity contribution is -0.132. The molecule has 1 aromatic carbocycles. The number of fused-ring (bicyclic) bond motifs is 1. The number of halogens is 1. The molecule has 0 bridgehead atoms. The molecule has 3 rings (SSSR count). The maximum absolute atomic E-state index is 12.6. The summed E-state index contributed by atoms with van der Waals surface area (Å²) in [5, 5.41) is 2.33. The van der Waals surface area contributed by atoms with Gasteiger partial charge in [-0.15, -0.1) is 11.3 Å². The number of rotatable bonds is 3. The Morgan fingerprint density at radius 1 is 1.36 bits per heavy atom. The molecule has 0 aliphatic carbocycles. The minimum atomic E-state index is -1.02. The Kier molecular flexibility index (Phi) is 3.70. The van der Waals surface area contributed by atoms with E-state index in [-0.39, 0.29) is 18.2 Å². The van der Waals surface area contributed by atoms with Crippen LogP contribution in [0.5, 0.6) is 5.75 Å². The van der Waals surface area contributed by atoms with Gasteiger partial charge in [-0.05, 0) is 43.5 Å². The van der Waals surface area contributed by atoms with E-state index in [0.717, 1.165) is 0 Å². The van der Waals surface area contributed by atoms with Gasteiger partial charge >= 0.3 is 0 Å². The average molecular weight is 336 g/mol. The van der Waals surface area contributed by atoms with Crippen molar-refractivity contribution in [3.63, 3.8) is 0 Å². The number of Topliss-reactive ketones (excluding diaryl/α,β-unsaturated/α-hetero) is 1. The van der Waals surface area contributed by atoms with Gasteiger partial charge in [0.05, 0.1) is 17.1 Å². The highest BCUT2D eigenvalue weighted by atomic mass is 35.5. The van der Waals surface area contributed by atoms with Gasteiger partial charge in [-0.25, -0.2) is 0 Å². The van der Waals surface area contributed by atoms with Crippen molar-refractivity contribution in [3.05, 3.63) is 45.6 Å². The van der Waals surface area contributed by atoms with Crippen molar-refractivity contribution in [3.8, 4) is 5.75 Å². The summed E-state index contributed by atoms with van der Waals surface area (Å²) in [6.07, 6.45) is 0. The number of ketones is 1. The first-order valence-corrected chi connectivity index (χ1v) is 8.01. The quantitative estimate of drug-likeness (QED) is 0.802. The number of hydrogen-bond acceptors (Lipinski definition) is 4. The van der Waals surface area contributed by atoms with Crippen molar-refractivity contribution in [1.29, 1.82) is 0 Å². The number of amides is 1. The van der Waals surface area contributed by atoms with E-state index in [9.17, 15) is 9.59 Å². The third-order valence-corrected chi connectivity index (χ3v) is 4.58. The average Bonchev–Trinajstić information content (AvgIpc) is 2.99. The Labute approximate surface area is 137 Å². The molecule has 0 spiro atoms. The second-order valence-corrected chi connectivity index (χ2v) is 6.90. The Morgan fingerprint density at radius 2 is 2.14 bits per heavy atom. The van der Waals surface area contributed by atoms with E-state index in [2.05, 4.69) is 0 Å². The van der Waals surface area contributed by atoms with E-state index in [1.54, 1.807) is 38.1 Å². The Morgan fingerprint density at radius 3 is 2.82 bits per heavy atom. The zero-order valence-corrected chi connectivity index (χ0v) is 13.7. The molecular formula is C16H14ClNO3S. The van der Waals surface area contributed by atoms with E-state index < -0.39 is 5.60 Å². The third-order valence-electron chi connectivity index (χ3n) is 3.43. The Balaban J connectivity index is 1.99. The molecule has 114 valence electrons. The van der Waals surface area contributed by atoms with Crippen LogP contribution < -0.4 is 9.64 Å². The molecule has 2 aromatic rings. The number of nitrogens with zero attached hydrogens (tertiary/aromatic N) is 1. The third kappa shape index (κ3) is 2.62. The maximum atomic E-state index is 12.6. The SMILES string of the molecule is CC1(C)Oc2ccc(Cl)cc2N(CC(=O)c2cccs2)C1=O. The summed E-state index contributed by atoms with van der Waals surface area (Å²) in [7, 11) is 0. The predicted octanol–water partition coefficient (Wildman–Crippen LogP) is 3.79. The number of hydrogen-bond donors (Lipinski definition) is 0. The van der Waals surface area contributed by atoms with Gasteiger partial charge in [0, 0.05) is 5.02 Å². The number of carbonyl (C=O) groups is 2. The standard InChI is InChI=1S/C16H14ClNO3S/c1-16(2)15(20)18(9-12(19)14-4-3-7-22-14)11-8-10(17)5-6-13(11)21-16/h3-8H,9H2,1-2H3. The van der Waals surface area contributed by atoms with Crippen LogP contribution in [0, 0.1) is 0 Å². The molecule has 1 aliphatic rings. The lowest BCUT2D eigenvalue weighted by atomic mass is 10.0. The highest BCUT2D eigenvalue weighted by Gasteiger charge is 2.41. The number of ether oxygens (including phenoxy) is 1. The normalized spacial score (nSPS) is 16.1. The molecule has 0 fully saturated rings. The summed E-state index contributed by atoms with van der Waals surface area (Å²) in [5.74, 6) is 0.187. The lowest BCUT2D eigenvalue weighted by Crippen LogP contribution is -2.53. The Bertz CT molecular complexity index is 740. The van der Waals surface area contributed by atoms with E-state index in [4.69, 9.17) is 16.3 Å². The van der Waals surface area contributed by atoms with Crippen molar-refractivity contribution in [2.45, 2.75) is 19.4 Å². The molecule has 0 N–H and O–H groups in total. The summed E-state index contributed by atoms with van der Waals surface area (Å²) in [4.78, 5) is 27.1. The van der Waals surface area contributed by atoms with Gasteiger partial charge < -0.3 is 4.74 Å². The fraction of sp³-hybridized carbons (Fsp3) is 0.250. The summed E-state index contributed by atoms with van der Waals surface area (Å²) >= 11 is 7.38. The molecule has 0 radical (unpaired) electrons. The largest absolute Gasteiger partial charge is 0.476 e. The molecule has 1 aliphatic heterocycles. The van der Waals surface area contributed by atoms with E-state index in [1.165, 1.54) is 16.2 Å². The van der Waals surface area contributed by atoms with Gasteiger partial charge in [0.25, 0.3) is 5.91 Å². The molecule has 1 aromatic heterocycles. The van der Waals surface area contributed by atoms with Gasteiger partial charge in [-0.1, -0.05) is 17.7 Å². The van der Waals surface area contributed by atoms with Gasteiger partial charge in [-0.2, -0.15) is 0 Å². The highest BCUT2D eigenvalue weighted by Crippen LogP contribution is 2.39. The second kappa shape index (κ2) is 5.41. The first-order chi connectivity index (χ1) is 10.4. The molecule has 4 nitrogen and oxygen atoms in total. The zero-order chi connectivity index (χ0) is 15.9. The first kappa shape index (κ1) is 15.1. The summed E-state index contributed by atoms with van der Waals surface area (Å²) < 4.78 is 5.73. The molecule has 2 heterocycles. The number of carbonyl (C=O) groups excluding carboxylic acids is 2. The van der Waals surface area contributed by atoms with Crippen LogP contribution in [0.3, 0.4) is 0 Å². The summed E-state index contributed by atoms with van der Waals surface area (Å²) in [6, 6.07) is 8.63. The van der Waals surface area contributed by atoms with E-state index >= 15 is 0 Å². The summed E-state index contributed by atoms with van der Waals surface area (Å²) in [6.45, 7) is 3.35. The topological polar surface area (TPSA) is 46.6 Å². The van der Waals surface area contributed by atoms with Crippen LogP contribution in [0.25, 0.3) is 0 Å². The number of anilines is 1. The monoisotopic (exact) mass is 335 g/mol. The van der Waals surface area contributed by atoms with Crippen molar-refractivity contribution in [2.75, 3.05) is 11.4 Å². The molecule has 0 atom stereocenters. The van der Waals surface area contributed by atoms with Crippen molar-refractivity contribution in [1.82, 2.24) is 0 Å².